The van der Waals surface area contributed by atoms with Gasteiger partial charge < -0.3 is 10.7 Å². The fraction of sp³-hybridized carbons (Fsp3) is 0.185. The largest absolute Gasteiger partial charge is 0.368 e. The number of fused-ring (bicyclic) bond motifs is 1. The van der Waals surface area contributed by atoms with Gasteiger partial charge >= 0.3 is 0 Å². The fourth-order valence-electron chi connectivity index (χ4n) is 3.88. The summed E-state index contributed by atoms with van der Waals surface area (Å²) >= 11 is 0. The van der Waals surface area contributed by atoms with Crippen molar-refractivity contribution in [3.05, 3.63) is 78.6 Å². The number of anilines is 1. The third kappa shape index (κ3) is 8.93. The lowest BCUT2D eigenvalue weighted by molar-refractivity contribution is 0.488. The quantitative estimate of drug-likeness (QED) is 0.196. The van der Waals surface area contributed by atoms with E-state index in [4.69, 9.17) is 19.8 Å². The van der Waals surface area contributed by atoms with E-state index in [1.165, 1.54) is 6.07 Å². The van der Waals surface area contributed by atoms with Crippen molar-refractivity contribution in [1.29, 1.82) is 0 Å². The molecule has 3 aromatic carbocycles. The summed E-state index contributed by atoms with van der Waals surface area (Å²) in [6, 6.07) is 21.2. The predicted molar refractivity (Wildman–Crippen MR) is 167 cm³/mol. The number of halogens is 1. The minimum absolute atomic E-state index is 0.0989. The van der Waals surface area contributed by atoms with Gasteiger partial charge in [-0.05, 0) is 38.1 Å². The molecule has 236 valence electrons. The summed E-state index contributed by atoms with van der Waals surface area (Å²) in [5.41, 5.74) is 9.88. The number of aromatic amines is 1. The van der Waals surface area contributed by atoms with Crippen LogP contribution in [0.1, 0.15) is 13.8 Å². The van der Waals surface area contributed by atoms with E-state index >= 15 is 0 Å². The maximum Gasteiger partial charge on any atom is 0.261 e. The number of nitrogens with zero attached hydrogens (tertiary/aromatic N) is 3. The van der Waals surface area contributed by atoms with Crippen molar-refractivity contribution in [2.75, 3.05) is 18.2 Å². The van der Waals surface area contributed by atoms with Gasteiger partial charge in [0.2, 0.25) is 16.0 Å². The van der Waals surface area contributed by atoms with Crippen LogP contribution in [0.15, 0.2) is 72.8 Å². The van der Waals surface area contributed by atoms with E-state index in [0.29, 0.717) is 51.9 Å². The maximum atomic E-state index is 14.5. The first-order valence-corrected chi connectivity index (χ1v) is 17.7. The second-order valence-electron chi connectivity index (χ2n) is 9.65. The van der Waals surface area contributed by atoms with Crippen LogP contribution >= 0.6 is 0 Å². The number of hydrogen-bond acceptors (Lipinski definition) is 9. The molecule has 17 heteroatoms. The van der Waals surface area contributed by atoms with Crippen LogP contribution in [0.25, 0.3) is 44.9 Å². The summed E-state index contributed by atoms with van der Waals surface area (Å²) in [5, 5.41) is -0.686. The van der Waals surface area contributed by atoms with Crippen molar-refractivity contribution in [3.63, 3.8) is 0 Å². The molecule has 0 saturated heterocycles. The summed E-state index contributed by atoms with van der Waals surface area (Å²) in [7, 11) is -11.1. The highest BCUT2D eigenvalue weighted by Crippen LogP contribution is 2.35. The Balaban J connectivity index is 0.000000461. The second-order valence-corrected chi connectivity index (χ2v) is 14.9. The zero-order chi connectivity index (χ0) is 33.0. The average Bonchev–Trinajstić information content (AvgIpc) is 3.48. The van der Waals surface area contributed by atoms with Crippen LogP contribution in [0, 0.1) is 5.82 Å². The molecule has 0 radical (unpaired) electrons. The van der Waals surface area contributed by atoms with Gasteiger partial charge in [-0.3, -0.25) is 9.11 Å². The van der Waals surface area contributed by atoms with Crippen LogP contribution < -0.4 is 5.73 Å². The van der Waals surface area contributed by atoms with E-state index in [-0.39, 0.29) is 5.95 Å². The standard InChI is InChI=1S/C25H22FN5O2S.2CH4O3S/c1-15(2)34(32,33)31-21-14-17(12-13-20(21)28-25(31)27)23-22(16-8-4-3-5-9-16)29-24(30-23)18-10-6-7-11-19(18)26;2*1-5(2,3)4/h3-15H,1-2H3,(H2,27,28)(H,29,30);2*1H3,(H,2,3,4). The topological polar surface area (TPSA) is 215 Å². The third-order valence-corrected chi connectivity index (χ3v) is 7.74. The van der Waals surface area contributed by atoms with Gasteiger partial charge in [0.1, 0.15) is 11.6 Å². The number of nitrogens with one attached hydrogen (secondary N) is 1. The molecule has 0 spiro atoms. The van der Waals surface area contributed by atoms with Gasteiger partial charge in [0.25, 0.3) is 20.2 Å². The maximum absolute atomic E-state index is 14.5. The number of nitrogen functional groups attached to an aromatic ring is 1. The Labute approximate surface area is 254 Å². The van der Waals surface area contributed by atoms with Crippen LogP contribution in [0.2, 0.25) is 0 Å². The van der Waals surface area contributed by atoms with Crippen LogP contribution in [-0.4, -0.2) is 71.0 Å². The molecule has 0 aliphatic rings. The van der Waals surface area contributed by atoms with Crippen molar-refractivity contribution in [1.82, 2.24) is 18.9 Å². The molecule has 0 fully saturated rings. The molecule has 0 bridgehead atoms. The van der Waals surface area contributed by atoms with E-state index in [1.807, 2.05) is 30.3 Å². The lowest BCUT2D eigenvalue weighted by atomic mass is 10.0. The first-order valence-electron chi connectivity index (χ1n) is 12.5. The zero-order valence-corrected chi connectivity index (χ0v) is 26.3. The van der Waals surface area contributed by atoms with Crippen LogP contribution in [0.5, 0.6) is 0 Å². The molecule has 2 aromatic heterocycles. The first kappa shape index (κ1) is 34.3. The Morgan fingerprint density at radius 3 is 1.91 bits per heavy atom. The van der Waals surface area contributed by atoms with Gasteiger partial charge in [-0.2, -0.15) is 16.8 Å². The number of rotatable bonds is 5. The summed E-state index contributed by atoms with van der Waals surface area (Å²) < 4.78 is 93.3. The molecule has 0 amide bonds. The molecule has 5 aromatic rings. The molecule has 13 nitrogen and oxygen atoms in total. The summed E-state index contributed by atoms with van der Waals surface area (Å²) in [4.78, 5) is 12.2. The van der Waals surface area contributed by atoms with E-state index in [1.54, 1.807) is 50.2 Å². The van der Waals surface area contributed by atoms with Gasteiger partial charge in [0.05, 0.1) is 45.7 Å². The molecule has 0 aliphatic heterocycles. The molecule has 44 heavy (non-hydrogen) atoms. The van der Waals surface area contributed by atoms with E-state index in [0.717, 1.165) is 9.54 Å². The molecule has 0 saturated carbocycles. The Kier molecular flexibility index (Phi) is 10.3. The van der Waals surface area contributed by atoms with Gasteiger partial charge in [0.15, 0.2) is 0 Å². The van der Waals surface area contributed by atoms with Gasteiger partial charge in [-0.25, -0.2) is 26.7 Å². The number of hydrogen-bond donors (Lipinski definition) is 4. The summed E-state index contributed by atoms with van der Waals surface area (Å²) in [6.45, 7) is 3.18. The van der Waals surface area contributed by atoms with Crippen LogP contribution in [0.4, 0.5) is 10.3 Å². The van der Waals surface area contributed by atoms with Crippen molar-refractivity contribution in [2.45, 2.75) is 19.1 Å². The minimum atomic E-state index is -3.74. The van der Waals surface area contributed by atoms with Crippen molar-refractivity contribution in [2.24, 2.45) is 0 Å². The minimum Gasteiger partial charge on any atom is -0.368 e. The number of aromatic nitrogens is 4. The monoisotopic (exact) mass is 667 g/mol. The summed E-state index contributed by atoms with van der Waals surface area (Å²) in [5.74, 6) is -0.125. The van der Waals surface area contributed by atoms with E-state index in [9.17, 15) is 29.6 Å². The molecule has 5 N–H and O–H groups in total. The average molecular weight is 668 g/mol. The van der Waals surface area contributed by atoms with Crippen molar-refractivity contribution >= 4 is 47.2 Å². The number of H-pyrrole nitrogens is 1. The van der Waals surface area contributed by atoms with Gasteiger partial charge in [-0.15, -0.1) is 0 Å². The number of imidazole rings is 2. The molecule has 0 unspecified atom stereocenters. The lowest BCUT2D eigenvalue weighted by Gasteiger charge is -2.11. The van der Waals surface area contributed by atoms with E-state index < -0.39 is 41.3 Å². The fourth-order valence-corrected chi connectivity index (χ4v) is 5.02. The molecule has 2 heterocycles. The SMILES string of the molecule is CC(C)S(=O)(=O)n1c(N)nc2ccc(-c3nc(-c4ccccc4F)[nH]c3-c3ccccc3)cc21.CS(=O)(=O)O.CS(=O)(=O)O. The van der Waals surface area contributed by atoms with E-state index in [2.05, 4.69) is 9.97 Å². The smallest absolute Gasteiger partial charge is 0.261 e. The van der Waals surface area contributed by atoms with Crippen LogP contribution in [0.3, 0.4) is 0 Å². The van der Waals surface area contributed by atoms with Crippen molar-refractivity contribution < 1.29 is 38.7 Å². The van der Waals surface area contributed by atoms with Crippen LogP contribution in [-0.2, 0) is 30.3 Å². The lowest BCUT2D eigenvalue weighted by Crippen LogP contribution is -2.23. The molecule has 0 atom stereocenters. The summed E-state index contributed by atoms with van der Waals surface area (Å²) in [6.07, 6.45) is 1.43. The molecule has 0 aliphatic carbocycles. The van der Waals surface area contributed by atoms with Crippen molar-refractivity contribution in [3.8, 4) is 33.9 Å². The Hall–Kier alpha value is -4.16. The van der Waals surface area contributed by atoms with Gasteiger partial charge in [-0.1, -0.05) is 48.5 Å². The highest BCUT2D eigenvalue weighted by Gasteiger charge is 2.25. The molecular formula is C27H30FN5O8S3. The Bertz CT molecular complexity index is 2070. The zero-order valence-electron chi connectivity index (χ0n) is 23.9. The molecular weight excluding hydrogens is 638 g/mol. The molecule has 5 rings (SSSR count). The first-order chi connectivity index (χ1) is 20.3. The third-order valence-electron chi connectivity index (χ3n) is 5.66. The number of nitrogens with two attached hydrogens (primary N) is 1. The highest BCUT2D eigenvalue weighted by molar-refractivity contribution is 7.90. The van der Waals surface area contributed by atoms with Gasteiger partial charge in [0, 0.05) is 11.1 Å². The predicted octanol–water partition coefficient (Wildman–Crippen LogP) is 4.08. The Morgan fingerprint density at radius 2 is 1.36 bits per heavy atom. The second kappa shape index (κ2) is 13.2. The normalized spacial score (nSPS) is 11.9. The highest BCUT2D eigenvalue weighted by atomic mass is 32.2. The Morgan fingerprint density at radius 1 is 0.818 bits per heavy atom. The number of benzene rings is 3.